The van der Waals surface area contributed by atoms with E-state index in [1.807, 2.05) is 0 Å². The topological polar surface area (TPSA) is 93.7 Å². The Labute approximate surface area is 143 Å². The van der Waals surface area contributed by atoms with Crippen LogP contribution in [0.3, 0.4) is 0 Å². The zero-order valence-corrected chi connectivity index (χ0v) is 13.5. The van der Waals surface area contributed by atoms with E-state index in [1.54, 1.807) is 43.3 Å². The van der Waals surface area contributed by atoms with Crippen LogP contribution in [0.15, 0.2) is 42.5 Å². The molecule has 2 aromatic carbocycles. The molecule has 0 unspecified atom stereocenters. The molecule has 0 aromatic heterocycles. The van der Waals surface area contributed by atoms with Crippen molar-refractivity contribution in [1.29, 1.82) is 0 Å². The van der Waals surface area contributed by atoms with Gasteiger partial charge in [0.25, 0.3) is 11.8 Å². The van der Waals surface area contributed by atoms with Gasteiger partial charge in [0.05, 0.1) is 17.9 Å². The molecule has 2 amide bonds. The van der Waals surface area contributed by atoms with Crippen LogP contribution < -0.4 is 15.4 Å². The average molecular weight is 340 g/mol. The van der Waals surface area contributed by atoms with Crippen molar-refractivity contribution >= 4 is 29.2 Å². The molecule has 1 aliphatic rings. The van der Waals surface area contributed by atoms with Gasteiger partial charge in [-0.15, -0.1) is 0 Å². The van der Waals surface area contributed by atoms with Crippen LogP contribution in [0.2, 0.25) is 0 Å². The zero-order chi connectivity index (χ0) is 17.8. The molecule has 2 aromatic rings. The van der Waals surface area contributed by atoms with E-state index in [4.69, 9.17) is 9.47 Å². The maximum absolute atomic E-state index is 12.4. The summed E-state index contributed by atoms with van der Waals surface area (Å²) in [5, 5.41) is 5.37. The number of nitrogens with one attached hydrogen (secondary N) is 2. The van der Waals surface area contributed by atoms with Gasteiger partial charge < -0.3 is 20.1 Å². The highest BCUT2D eigenvalue weighted by Gasteiger charge is 2.18. The number of fused-ring (bicyclic) bond motifs is 1. The fraction of sp³-hybridized carbons (Fsp3) is 0.167. The van der Waals surface area contributed by atoms with E-state index in [9.17, 15) is 14.4 Å². The molecule has 0 saturated carbocycles. The number of hydrogen-bond donors (Lipinski definition) is 2. The number of rotatable bonds is 4. The lowest BCUT2D eigenvalue weighted by atomic mass is 10.1. The van der Waals surface area contributed by atoms with Crippen molar-refractivity contribution < 1.29 is 23.9 Å². The lowest BCUT2D eigenvalue weighted by Gasteiger charge is -2.18. The number of esters is 1. The number of hydrogen-bond acceptors (Lipinski definition) is 5. The third-order valence-corrected chi connectivity index (χ3v) is 3.51. The molecular formula is C18H16N2O5. The van der Waals surface area contributed by atoms with Crippen molar-refractivity contribution in [2.24, 2.45) is 0 Å². The van der Waals surface area contributed by atoms with Gasteiger partial charge in [-0.05, 0) is 43.3 Å². The van der Waals surface area contributed by atoms with E-state index < -0.39 is 5.97 Å². The Morgan fingerprint density at radius 3 is 2.84 bits per heavy atom. The minimum absolute atomic E-state index is 0.0425. The second kappa shape index (κ2) is 7.04. The maximum atomic E-state index is 12.4. The molecule has 25 heavy (non-hydrogen) atoms. The summed E-state index contributed by atoms with van der Waals surface area (Å²) < 4.78 is 10.2. The van der Waals surface area contributed by atoms with E-state index in [0.29, 0.717) is 28.3 Å². The summed E-state index contributed by atoms with van der Waals surface area (Å²) in [5.41, 5.74) is 1.62. The van der Waals surface area contributed by atoms with Gasteiger partial charge in [0.2, 0.25) is 0 Å². The first-order chi connectivity index (χ1) is 12.1. The SMILES string of the molecule is CCOC(=O)c1cccc(NC(=O)c2ccc3c(c2)NC(=O)CO3)c1. The number of carbonyl (C=O) groups excluding carboxylic acids is 3. The molecule has 0 spiro atoms. The van der Waals surface area contributed by atoms with Crippen LogP contribution in [0.1, 0.15) is 27.6 Å². The Kier molecular flexibility index (Phi) is 4.65. The van der Waals surface area contributed by atoms with E-state index in [-0.39, 0.29) is 25.0 Å². The summed E-state index contributed by atoms with van der Waals surface area (Å²) in [6.45, 7) is 1.96. The molecule has 128 valence electrons. The average Bonchev–Trinajstić information content (AvgIpc) is 2.61. The second-order valence-electron chi connectivity index (χ2n) is 5.30. The quantitative estimate of drug-likeness (QED) is 0.834. The van der Waals surface area contributed by atoms with Crippen LogP contribution >= 0.6 is 0 Å². The van der Waals surface area contributed by atoms with Gasteiger partial charge in [-0.25, -0.2) is 4.79 Å². The van der Waals surface area contributed by atoms with E-state index in [1.165, 1.54) is 6.07 Å². The molecule has 0 fully saturated rings. The first-order valence-corrected chi connectivity index (χ1v) is 7.72. The highest BCUT2D eigenvalue weighted by Crippen LogP contribution is 2.28. The molecule has 7 nitrogen and oxygen atoms in total. The normalized spacial score (nSPS) is 12.4. The Balaban J connectivity index is 1.76. The molecule has 0 aliphatic carbocycles. The molecule has 0 saturated heterocycles. The van der Waals surface area contributed by atoms with Gasteiger partial charge in [0.1, 0.15) is 5.75 Å². The predicted octanol–water partition coefficient (Wildman–Crippen LogP) is 2.45. The molecule has 1 heterocycles. The minimum Gasteiger partial charge on any atom is -0.482 e. The summed E-state index contributed by atoms with van der Waals surface area (Å²) in [6.07, 6.45) is 0. The summed E-state index contributed by atoms with van der Waals surface area (Å²) in [4.78, 5) is 35.5. The number of carbonyl (C=O) groups is 3. The van der Waals surface area contributed by atoms with Crippen LogP contribution in [-0.2, 0) is 9.53 Å². The van der Waals surface area contributed by atoms with E-state index in [2.05, 4.69) is 10.6 Å². The molecule has 0 radical (unpaired) electrons. The van der Waals surface area contributed by atoms with Crippen molar-refractivity contribution in [3.8, 4) is 5.75 Å². The Morgan fingerprint density at radius 2 is 2.04 bits per heavy atom. The van der Waals surface area contributed by atoms with Gasteiger partial charge in [-0.2, -0.15) is 0 Å². The minimum atomic E-state index is -0.452. The number of ether oxygens (including phenoxy) is 2. The predicted molar refractivity (Wildman–Crippen MR) is 90.9 cm³/mol. The molecular weight excluding hydrogens is 324 g/mol. The largest absolute Gasteiger partial charge is 0.482 e. The highest BCUT2D eigenvalue weighted by molar-refractivity contribution is 6.06. The third kappa shape index (κ3) is 3.77. The van der Waals surface area contributed by atoms with Crippen molar-refractivity contribution in [2.45, 2.75) is 6.92 Å². The number of anilines is 2. The maximum Gasteiger partial charge on any atom is 0.338 e. The fourth-order valence-electron chi connectivity index (χ4n) is 2.37. The third-order valence-electron chi connectivity index (χ3n) is 3.51. The van der Waals surface area contributed by atoms with Crippen molar-refractivity contribution in [2.75, 3.05) is 23.8 Å². The van der Waals surface area contributed by atoms with Crippen molar-refractivity contribution in [3.63, 3.8) is 0 Å². The van der Waals surface area contributed by atoms with E-state index >= 15 is 0 Å². The van der Waals surface area contributed by atoms with Crippen LogP contribution in [0.5, 0.6) is 5.75 Å². The van der Waals surface area contributed by atoms with Crippen LogP contribution in [0.4, 0.5) is 11.4 Å². The summed E-state index contributed by atoms with van der Waals surface area (Å²) in [6, 6.07) is 11.2. The standard InChI is InChI=1S/C18H16N2O5/c1-2-24-18(23)12-4-3-5-13(8-12)19-17(22)11-6-7-15-14(9-11)20-16(21)10-25-15/h3-9H,2,10H2,1H3,(H,19,22)(H,20,21). The van der Waals surface area contributed by atoms with Crippen LogP contribution in [-0.4, -0.2) is 31.0 Å². The van der Waals surface area contributed by atoms with Gasteiger partial charge in [-0.3, -0.25) is 9.59 Å². The molecule has 1 aliphatic heterocycles. The number of amides is 2. The summed E-state index contributed by atoms with van der Waals surface area (Å²) in [5.74, 6) is -0.580. The zero-order valence-electron chi connectivity index (χ0n) is 13.5. The number of benzene rings is 2. The smallest absolute Gasteiger partial charge is 0.338 e. The molecule has 0 bridgehead atoms. The van der Waals surface area contributed by atoms with Gasteiger partial charge in [0, 0.05) is 11.3 Å². The van der Waals surface area contributed by atoms with Gasteiger partial charge in [0.15, 0.2) is 6.61 Å². The lowest BCUT2D eigenvalue weighted by molar-refractivity contribution is -0.118. The molecule has 7 heteroatoms. The van der Waals surface area contributed by atoms with Crippen LogP contribution in [0.25, 0.3) is 0 Å². The first-order valence-electron chi connectivity index (χ1n) is 7.72. The van der Waals surface area contributed by atoms with Crippen LogP contribution in [0, 0.1) is 0 Å². The Hall–Kier alpha value is -3.35. The molecule has 3 rings (SSSR count). The Morgan fingerprint density at radius 1 is 1.20 bits per heavy atom. The van der Waals surface area contributed by atoms with Gasteiger partial charge in [-0.1, -0.05) is 6.07 Å². The summed E-state index contributed by atoms with van der Waals surface area (Å²) >= 11 is 0. The summed E-state index contributed by atoms with van der Waals surface area (Å²) in [7, 11) is 0. The van der Waals surface area contributed by atoms with E-state index in [0.717, 1.165) is 0 Å². The highest BCUT2D eigenvalue weighted by atomic mass is 16.5. The first kappa shape index (κ1) is 16.5. The molecule has 2 N–H and O–H groups in total. The second-order valence-corrected chi connectivity index (χ2v) is 5.30. The molecule has 0 atom stereocenters. The van der Waals surface area contributed by atoms with Crippen molar-refractivity contribution in [3.05, 3.63) is 53.6 Å². The monoisotopic (exact) mass is 340 g/mol. The lowest BCUT2D eigenvalue weighted by Crippen LogP contribution is -2.25. The van der Waals surface area contributed by atoms with Gasteiger partial charge >= 0.3 is 5.97 Å². The van der Waals surface area contributed by atoms with Crippen molar-refractivity contribution in [1.82, 2.24) is 0 Å². The fourth-order valence-corrected chi connectivity index (χ4v) is 2.37. The Bertz CT molecular complexity index is 847.